The molecule has 5 nitrogen and oxygen atoms in total. The van der Waals surface area contributed by atoms with E-state index in [1.807, 2.05) is 30.3 Å². The van der Waals surface area contributed by atoms with Gasteiger partial charge in [-0.3, -0.25) is 9.59 Å². The minimum absolute atomic E-state index is 0.0638. The smallest absolute Gasteiger partial charge is 0.305 e. The number of nitrogens with one attached hydrogen (secondary N) is 2. The van der Waals surface area contributed by atoms with Crippen LogP contribution in [-0.2, 0) is 0 Å². The normalized spacial score (nSPS) is 19.2. The van der Waals surface area contributed by atoms with Crippen LogP contribution in [-0.4, -0.2) is 24.0 Å². The Bertz CT molecular complexity index is 1000. The van der Waals surface area contributed by atoms with Gasteiger partial charge in [0.2, 0.25) is 0 Å². The van der Waals surface area contributed by atoms with Gasteiger partial charge in [0, 0.05) is 12.1 Å². The molecule has 0 bridgehead atoms. The Morgan fingerprint density at radius 2 is 1.83 bits per heavy atom. The summed E-state index contributed by atoms with van der Waals surface area (Å²) < 4.78 is 6.64. The summed E-state index contributed by atoms with van der Waals surface area (Å²) in [5.74, 6) is 2.13. The van der Waals surface area contributed by atoms with Gasteiger partial charge in [0.05, 0.1) is 16.8 Å². The number of aromatic amines is 1. The maximum Gasteiger partial charge on any atom is 0.305 e. The van der Waals surface area contributed by atoms with Crippen molar-refractivity contribution in [2.75, 3.05) is 13.2 Å². The van der Waals surface area contributed by atoms with Crippen molar-refractivity contribution in [1.29, 1.82) is 0 Å². The molecule has 1 heterocycles. The van der Waals surface area contributed by atoms with Crippen molar-refractivity contribution in [1.82, 2.24) is 10.3 Å². The zero-order valence-electron chi connectivity index (χ0n) is 16.4. The lowest BCUT2D eigenvalue weighted by molar-refractivity contribution is 0.0940. The van der Waals surface area contributed by atoms with Crippen LogP contribution in [0, 0.1) is 11.8 Å². The molecule has 0 saturated heterocycles. The third kappa shape index (κ3) is 5.26. The zero-order valence-corrected chi connectivity index (χ0v) is 17.2. The molecule has 0 radical (unpaired) electrons. The largest absolute Gasteiger partial charge is 0.494 e. The molecule has 1 amide bonds. The Hall–Kier alpha value is -2.60. The van der Waals surface area contributed by atoms with E-state index >= 15 is 0 Å². The van der Waals surface area contributed by atoms with E-state index in [4.69, 9.17) is 4.74 Å². The van der Waals surface area contributed by atoms with Crippen LogP contribution in [0.15, 0.2) is 53.3 Å². The number of thiazole rings is 1. The van der Waals surface area contributed by atoms with Gasteiger partial charge >= 0.3 is 4.87 Å². The lowest BCUT2D eigenvalue weighted by Gasteiger charge is -2.28. The van der Waals surface area contributed by atoms with Gasteiger partial charge in [0.25, 0.3) is 5.91 Å². The van der Waals surface area contributed by atoms with Crippen LogP contribution in [0.5, 0.6) is 5.75 Å². The minimum atomic E-state index is -0.0940. The highest BCUT2D eigenvalue weighted by Gasteiger charge is 2.22. The van der Waals surface area contributed by atoms with Crippen molar-refractivity contribution in [3.63, 3.8) is 0 Å². The molecular formula is C23H26N2O3S. The SMILES string of the molecule is O=C(NC[C@H]1CC[C@@H](CCOc2ccccc2)CC1)c1ccc2[nH]c(=O)sc2c1. The topological polar surface area (TPSA) is 71.2 Å². The van der Waals surface area contributed by atoms with Gasteiger partial charge in [-0.25, -0.2) is 0 Å². The quantitative estimate of drug-likeness (QED) is 0.598. The van der Waals surface area contributed by atoms with Crippen molar-refractivity contribution < 1.29 is 9.53 Å². The van der Waals surface area contributed by atoms with Gasteiger partial charge in [-0.15, -0.1) is 0 Å². The molecular weight excluding hydrogens is 384 g/mol. The highest BCUT2D eigenvalue weighted by molar-refractivity contribution is 7.16. The maximum atomic E-state index is 12.5. The summed E-state index contributed by atoms with van der Waals surface area (Å²) in [4.78, 5) is 26.6. The number of carbonyl (C=O) groups is 1. The summed E-state index contributed by atoms with van der Waals surface area (Å²) in [7, 11) is 0. The molecule has 0 spiro atoms. The average molecular weight is 411 g/mol. The van der Waals surface area contributed by atoms with Crippen molar-refractivity contribution in [2.24, 2.45) is 11.8 Å². The number of rotatable bonds is 7. The maximum absolute atomic E-state index is 12.5. The number of benzene rings is 2. The van der Waals surface area contributed by atoms with Crippen LogP contribution in [0.25, 0.3) is 10.2 Å². The summed E-state index contributed by atoms with van der Waals surface area (Å²) in [6, 6.07) is 15.3. The first-order valence-corrected chi connectivity index (χ1v) is 11.1. The summed E-state index contributed by atoms with van der Waals surface area (Å²) >= 11 is 1.13. The first-order valence-electron chi connectivity index (χ1n) is 10.3. The molecule has 0 unspecified atom stereocenters. The number of aromatic nitrogens is 1. The highest BCUT2D eigenvalue weighted by Crippen LogP contribution is 2.30. The zero-order chi connectivity index (χ0) is 20.1. The van der Waals surface area contributed by atoms with E-state index in [0.29, 0.717) is 23.9 Å². The van der Waals surface area contributed by atoms with Gasteiger partial charge in [0.1, 0.15) is 5.75 Å². The second-order valence-electron chi connectivity index (χ2n) is 7.77. The number of hydrogen-bond acceptors (Lipinski definition) is 4. The fourth-order valence-electron chi connectivity index (χ4n) is 4.01. The van der Waals surface area contributed by atoms with Gasteiger partial charge in [-0.1, -0.05) is 29.5 Å². The van der Waals surface area contributed by atoms with Crippen molar-refractivity contribution in [2.45, 2.75) is 32.1 Å². The van der Waals surface area contributed by atoms with E-state index in [9.17, 15) is 9.59 Å². The van der Waals surface area contributed by atoms with Gasteiger partial charge in [-0.2, -0.15) is 0 Å². The van der Waals surface area contributed by atoms with Crippen LogP contribution >= 0.6 is 11.3 Å². The van der Waals surface area contributed by atoms with Crippen molar-refractivity contribution in [3.05, 3.63) is 63.8 Å². The lowest BCUT2D eigenvalue weighted by atomic mass is 9.80. The summed E-state index contributed by atoms with van der Waals surface area (Å²) in [6.45, 7) is 1.48. The molecule has 1 aromatic heterocycles. The molecule has 4 rings (SSSR count). The van der Waals surface area contributed by atoms with Crippen LogP contribution in [0.3, 0.4) is 0 Å². The Labute approximate surface area is 174 Å². The molecule has 3 aromatic rings. The monoisotopic (exact) mass is 410 g/mol. The Morgan fingerprint density at radius 1 is 1.07 bits per heavy atom. The molecule has 2 N–H and O–H groups in total. The molecule has 2 aromatic carbocycles. The summed E-state index contributed by atoms with van der Waals surface area (Å²) in [6.07, 6.45) is 5.78. The fraction of sp³-hybridized carbons (Fsp3) is 0.391. The molecule has 1 saturated carbocycles. The van der Waals surface area contributed by atoms with Crippen LogP contribution in [0.2, 0.25) is 0 Å². The molecule has 1 aliphatic rings. The van der Waals surface area contributed by atoms with E-state index in [0.717, 1.165) is 53.2 Å². The molecule has 152 valence electrons. The van der Waals surface area contributed by atoms with E-state index in [2.05, 4.69) is 10.3 Å². The predicted molar refractivity (Wildman–Crippen MR) is 117 cm³/mol. The molecule has 29 heavy (non-hydrogen) atoms. The number of amides is 1. The molecule has 0 atom stereocenters. The Kier molecular flexibility index (Phi) is 6.30. The number of fused-ring (bicyclic) bond motifs is 1. The van der Waals surface area contributed by atoms with Crippen LogP contribution in [0.4, 0.5) is 0 Å². The number of H-pyrrole nitrogens is 1. The number of hydrogen-bond donors (Lipinski definition) is 2. The van der Waals surface area contributed by atoms with Crippen LogP contribution in [0.1, 0.15) is 42.5 Å². The predicted octanol–water partition coefficient (Wildman–Crippen LogP) is 4.59. The fourth-order valence-corrected chi connectivity index (χ4v) is 4.79. The van der Waals surface area contributed by atoms with E-state index in [1.54, 1.807) is 18.2 Å². The molecule has 1 aliphatic carbocycles. The Balaban J connectivity index is 1.18. The van der Waals surface area contributed by atoms with E-state index < -0.39 is 0 Å². The standard InChI is InChI=1S/C23H26N2O3S/c26-22(18-10-11-20-21(14-18)29-23(27)25-20)24-15-17-8-6-16(7-9-17)12-13-28-19-4-2-1-3-5-19/h1-5,10-11,14,16-17H,6-9,12-13,15H2,(H,24,26)(H,25,27)/t16-,17+. The van der Waals surface area contributed by atoms with Crippen molar-refractivity contribution >= 4 is 27.5 Å². The number of para-hydroxylation sites is 1. The highest BCUT2D eigenvalue weighted by atomic mass is 32.1. The molecule has 0 aliphatic heterocycles. The van der Waals surface area contributed by atoms with Gasteiger partial charge in [-0.05, 0) is 74.3 Å². The van der Waals surface area contributed by atoms with E-state index in [1.165, 1.54) is 12.8 Å². The van der Waals surface area contributed by atoms with Crippen molar-refractivity contribution in [3.8, 4) is 5.75 Å². The molecule has 6 heteroatoms. The third-order valence-electron chi connectivity index (χ3n) is 5.74. The lowest BCUT2D eigenvalue weighted by Crippen LogP contribution is -2.31. The average Bonchev–Trinajstić information content (AvgIpc) is 3.13. The van der Waals surface area contributed by atoms with E-state index in [-0.39, 0.29) is 10.8 Å². The second kappa shape index (κ2) is 9.27. The number of ether oxygens (including phenoxy) is 1. The number of carbonyl (C=O) groups excluding carboxylic acids is 1. The van der Waals surface area contributed by atoms with Gasteiger partial charge < -0.3 is 15.0 Å². The summed E-state index contributed by atoms with van der Waals surface area (Å²) in [5.41, 5.74) is 1.39. The first kappa shape index (κ1) is 19.7. The molecule has 1 fully saturated rings. The Morgan fingerprint density at radius 3 is 2.62 bits per heavy atom. The third-order valence-corrected chi connectivity index (χ3v) is 6.58. The first-order chi connectivity index (χ1) is 14.2. The second-order valence-corrected chi connectivity index (χ2v) is 8.79. The van der Waals surface area contributed by atoms with Crippen LogP contribution < -0.4 is 14.9 Å². The minimum Gasteiger partial charge on any atom is -0.494 e. The van der Waals surface area contributed by atoms with Gasteiger partial charge in [0.15, 0.2) is 0 Å². The summed E-state index contributed by atoms with van der Waals surface area (Å²) in [5, 5.41) is 3.07.